The molecule has 8 heteroatoms. The van der Waals surface area contributed by atoms with Crippen LogP contribution in [0.1, 0.15) is 25.0 Å². The van der Waals surface area contributed by atoms with Gasteiger partial charge in [-0.3, -0.25) is 0 Å². The molecule has 0 saturated heterocycles. The summed E-state index contributed by atoms with van der Waals surface area (Å²) in [5.74, 6) is 3.11. The lowest BCUT2D eigenvalue weighted by Crippen LogP contribution is -2.08. The van der Waals surface area contributed by atoms with Gasteiger partial charge in [-0.25, -0.2) is 4.99 Å². The Bertz CT molecular complexity index is 1440. The monoisotopic (exact) mass is 718 g/mol. The Morgan fingerprint density at radius 2 is 1.43 bits per heavy atom. The zero-order valence-corrected chi connectivity index (χ0v) is 25.0. The first-order chi connectivity index (χ1) is 17.8. The Hall–Kier alpha value is -3.04. The van der Waals surface area contributed by atoms with Crippen LogP contribution in [0, 0.1) is 18.5 Å². The lowest BCUT2D eigenvalue weighted by atomic mass is 9.98. The molecule has 0 radical (unpaired) electrons. The van der Waals surface area contributed by atoms with E-state index in [1.165, 1.54) is 0 Å². The molecule has 37 heavy (non-hydrogen) atoms. The normalized spacial score (nSPS) is 11.1. The van der Waals surface area contributed by atoms with Crippen LogP contribution < -0.4 is 14.2 Å². The van der Waals surface area contributed by atoms with E-state index in [-0.39, 0.29) is 12.0 Å². The molecular weight excluding hydrogens is 694 g/mol. The van der Waals surface area contributed by atoms with E-state index in [0.717, 1.165) is 41.1 Å². The van der Waals surface area contributed by atoms with Crippen molar-refractivity contribution < 1.29 is 18.6 Å². The SMILES string of the molecule is COc1ccc(-c2oc(N=Cc3cc(I)c(OC(C)C)c(I)c3)c(C#N)c2-c2ccc(OC)cc2)cc1. The largest absolute Gasteiger partial charge is 0.497 e. The minimum Gasteiger partial charge on any atom is -0.497 e. The minimum atomic E-state index is 0.0793. The highest BCUT2D eigenvalue weighted by atomic mass is 127. The topological polar surface area (TPSA) is 77.0 Å². The standard InChI is InChI=1S/C29H24I2N2O4/c1-17(2)36-28-24(30)13-18(14-25(28)31)16-33-29-23(15-32)26(19-5-9-21(34-3)10-6-19)27(37-29)20-7-11-22(35-4)12-8-20/h5-14,16-17H,1-4H3. The molecule has 0 amide bonds. The van der Waals surface area contributed by atoms with E-state index in [1.807, 2.05) is 74.5 Å². The van der Waals surface area contributed by atoms with E-state index in [0.29, 0.717) is 16.9 Å². The first kappa shape index (κ1) is 27.0. The van der Waals surface area contributed by atoms with Crippen molar-refractivity contribution in [3.8, 4) is 45.8 Å². The molecule has 0 unspecified atom stereocenters. The summed E-state index contributed by atoms with van der Waals surface area (Å²) in [7, 11) is 3.24. The van der Waals surface area contributed by atoms with Gasteiger partial charge in [0.2, 0.25) is 5.88 Å². The highest BCUT2D eigenvalue weighted by molar-refractivity contribution is 14.1. The molecule has 188 valence electrons. The number of hydrogen-bond acceptors (Lipinski definition) is 6. The second-order valence-corrected chi connectivity index (χ2v) is 10.6. The van der Waals surface area contributed by atoms with Gasteiger partial charge in [0.25, 0.3) is 0 Å². The molecule has 0 fully saturated rings. The molecule has 0 bridgehead atoms. The number of nitrogens with zero attached hydrogens (tertiary/aromatic N) is 2. The predicted octanol–water partition coefficient (Wildman–Crippen LogP) is 8.25. The molecule has 0 aliphatic carbocycles. The van der Waals surface area contributed by atoms with Gasteiger partial charge >= 0.3 is 0 Å². The van der Waals surface area contributed by atoms with Crippen LogP contribution in [-0.2, 0) is 0 Å². The van der Waals surface area contributed by atoms with Gasteiger partial charge < -0.3 is 18.6 Å². The van der Waals surface area contributed by atoms with Gasteiger partial charge in [-0.1, -0.05) is 12.1 Å². The minimum absolute atomic E-state index is 0.0793. The number of rotatable bonds is 8. The van der Waals surface area contributed by atoms with Crippen LogP contribution in [0.25, 0.3) is 22.5 Å². The maximum Gasteiger partial charge on any atom is 0.238 e. The Kier molecular flexibility index (Phi) is 8.76. The fraction of sp³-hybridized carbons (Fsp3) is 0.172. The quantitative estimate of drug-likeness (QED) is 0.136. The number of furan rings is 1. The van der Waals surface area contributed by atoms with Crippen molar-refractivity contribution in [3.63, 3.8) is 0 Å². The fourth-order valence-electron chi connectivity index (χ4n) is 3.73. The third kappa shape index (κ3) is 6.10. The van der Waals surface area contributed by atoms with Crippen molar-refractivity contribution in [2.75, 3.05) is 14.2 Å². The zero-order valence-electron chi connectivity index (χ0n) is 20.7. The summed E-state index contributed by atoms with van der Waals surface area (Å²) < 4.78 is 24.8. The maximum atomic E-state index is 10.2. The molecule has 0 aliphatic rings. The van der Waals surface area contributed by atoms with Gasteiger partial charge in [0.15, 0.2) is 0 Å². The van der Waals surface area contributed by atoms with Crippen LogP contribution in [0.2, 0.25) is 0 Å². The Morgan fingerprint density at radius 3 is 1.92 bits per heavy atom. The Balaban J connectivity index is 1.82. The highest BCUT2D eigenvalue weighted by Crippen LogP contribution is 2.43. The molecule has 6 nitrogen and oxygen atoms in total. The smallest absolute Gasteiger partial charge is 0.238 e. The molecule has 1 aromatic heterocycles. The van der Waals surface area contributed by atoms with Gasteiger partial charge in [0.1, 0.15) is 34.6 Å². The summed E-state index contributed by atoms with van der Waals surface area (Å²) in [6.45, 7) is 4.01. The number of halogens is 2. The average Bonchev–Trinajstić information content (AvgIpc) is 3.28. The molecule has 0 N–H and O–H groups in total. The summed E-state index contributed by atoms with van der Waals surface area (Å²) in [4.78, 5) is 4.61. The van der Waals surface area contributed by atoms with Crippen molar-refractivity contribution in [2.45, 2.75) is 20.0 Å². The van der Waals surface area contributed by atoms with Crippen LogP contribution >= 0.6 is 45.2 Å². The third-order valence-electron chi connectivity index (χ3n) is 5.44. The number of ether oxygens (including phenoxy) is 3. The van der Waals surface area contributed by atoms with Crippen LogP contribution in [0.3, 0.4) is 0 Å². The number of methoxy groups -OCH3 is 2. The molecule has 0 saturated carbocycles. The number of benzene rings is 3. The summed E-state index contributed by atoms with van der Waals surface area (Å²) in [5, 5.41) is 10.2. The van der Waals surface area contributed by atoms with E-state index >= 15 is 0 Å². The lowest BCUT2D eigenvalue weighted by molar-refractivity contribution is 0.239. The van der Waals surface area contributed by atoms with Crippen molar-refractivity contribution >= 4 is 57.3 Å². The van der Waals surface area contributed by atoms with Crippen LogP contribution in [-0.4, -0.2) is 26.5 Å². The second kappa shape index (κ2) is 12.0. The molecule has 4 rings (SSSR count). The third-order valence-corrected chi connectivity index (χ3v) is 7.04. The zero-order chi connectivity index (χ0) is 26.5. The van der Waals surface area contributed by atoms with Gasteiger partial charge in [-0.05, 0) is 119 Å². The Labute approximate surface area is 243 Å². The summed E-state index contributed by atoms with van der Waals surface area (Å²) in [6.07, 6.45) is 1.79. The summed E-state index contributed by atoms with van der Waals surface area (Å²) in [5.41, 5.74) is 3.54. The molecule has 1 heterocycles. The van der Waals surface area contributed by atoms with Crippen molar-refractivity contribution in [3.05, 3.63) is 78.9 Å². The summed E-state index contributed by atoms with van der Waals surface area (Å²) >= 11 is 4.52. The van der Waals surface area contributed by atoms with Gasteiger partial charge in [0, 0.05) is 17.3 Å². The first-order valence-electron chi connectivity index (χ1n) is 11.4. The van der Waals surface area contributed by atoms with E-state index < -0.39 is 0 Å². The second-order valence-electron chi connectivity index (χ2n) is 8.29. The number of hydrogen-bond donors (Lipinski definition) is 0. The highest BCUT2D eigenvalue weighted by Gasteiger charge is 2.23. The molecule has 3 aromatic carbocycles. The molecule has 4 aromatic rings. The molecular formula is C29H24I2N2O4. The number of aliphatic imine (C=N–C) groups is 1. The molecule has 0 atom stereocenters. The van der Waals surface area contributed by atoms with Gasteiger partial charge in [0.05, 0.1) is 27.5 Å². The van der Waals surface area contributed by atoms with E-state index in [9.17, 15) is 5.26 Å². The van der Waals surface area contributed by atoms with Gasteiger partial charge in [-0.2, -0.15) is 5.26 Å². The van der Waals surface area contributed by atoms with Crippen molar-refractivity contribution in [1.29, 1.82) is 5.26 Å². The van der Waals surface area contributed by atoms with Gasteiger partial charge in [-0.15, -0.1) is 0 Å². The maximum absolute atomic E-state index is 10.2. The molecule has 0 spiro atoms. The first-order valence-corrected chi connectivity index (χ1v) is 13.6. The lowest BCUT2D eigenvalue weighted by Gasteiger charge is -2.13. The fourth-order valence-corrected chi connectivity index (χ4v) is 5.80. The van der Waals surface area contributed by atoms with Crippen LogP contribution in [0.4, 0.5) is 5.88 Å². The van der Waals surface area contributed by atoms with Crippen molar-refractivity contribution in [1.82, 2.24) is 0 Å². The predicted molar refractivity (Wildman–Crippen MR) is 162 cm³/mol. The van der Waals surface area contributed by atoms with E-state index in [2.05, 4.69) is 56.2 Å². The van der Waals surface area contributed by atoms with Crippen LogP contribution in [0.15, 0.2) is 70.1 Å². The van der Waals surface area contributed by atoms with Crippen LogP contribution in [0.5, 0.6) is 17.2 Å². The van der Waals surface area contributed by atoms with E-state index in [4.69, 9.17) is 18.6 Å². The van der Waals surface area contributed by atoms with E-state index in [1.54, 1.807) is 20.4 Å². The van der Waals surface area contributed by atoms with Crippen molar-refractivity contribution in [2.24, 2.45) is 4.99 Å². The molecule has 0 aliphatic heterocycles. The summed E-state index contributed by atoms with van der Waals surface area (Å²) in [6, 6.07) is 21.3. The number of nitriles is 1. The Morgan fingerprint density at radius 1 is 0.892 bits per heavy atom. The average molecular weight is 718 g/mol.